The zero-order valence-electron chi connectivity index (χ0n) is 16.0. The van der Waals surface area contributed by atoms with Crippen LogP contribution in [0.15, 0.2) is 24.3 Å². The van der Waals surface area contributed by atoms with Gasteiger partial charge in [-0.1, -0.05) is 76.5 Å². The number of carbonyl (C=O) groups is 2. The molecule has 0 heterocycles. The summed E-state index contributed by atoms with van der Waals surface area (Å²) in [6.07, 6.45) is 10.9. The van der Waals surface area contributed by atoms with Gasteiger partial charge in [-0.3, -0.25) is 9.59 Å². The third kappa shape index (κ3) is 10.9. The van der Waals surface area contributed by atoms with E-state index in [2.05, 4.69) is 12.2 Å². The number of ether oxygens (including phenoxy) is 1. The van der Waals surface area contributed by atoms with Crippen LogP contribution in [-0.2, 0) is 20.9 Å². The van der Waals surface area contributed by atoms with Gasteiger partial charge in [-0.15, -0.1) is 0 Å². The number of para-hydroxylation sites is 1. The summed E-state index contributed by atoms with van der Waals surface area (Å²) in [6, 6.07) is 6.90. The monoisotopic (exact) mass is 363 g/mol. The minimum absolute atomic E-state index is 0.0577. The Balaban J connectivity index is 1.99. The van der Waals surface area contributed by atoms with E-state index in [4.69, 9.17) is 4.74 Å². The summed E-state index contributed by atoms with van der Waals surface area (Å²) in [4.78, 5) is 23.3. The molecule has 0 radical (unpaired) electrons. The smallest absolute Gasteiger partial charge is 0.327 e. The van der Waals surface area contributed by atoms with Crippen molar-refractivity contribution in [3.8, 4) is 5.75 Å². The first-order chi connectivity index (χ1) is 12.6. The van der Waals surface area contributed by atoms with E-state index in [9.17, 15) is 14.7 Å². The molecule has 26 heavy (non-hydrogen) atoms. The predicted molar refractivity (Wildman–Crippen MR) is 103 cm³/mol. The maximum atomic E-state index is 11.6. The van der Waals surface area contributed by atoms with E-state index >= 15 is 0 Å². The van der Waals surface area contributed by atoms with Gasteiger partial charge in [-0.25, -0.2) is 0 Å². The lowest BCUT2D eigenvalue weighted by molar-refractivity contribution is -0.159. The molecule has 0 spiro atoms. The Kier molecular flexibility index (Phi) is 12.2. The van der Waals surface area contributed by atoms with Gasteiger partial charge >= 0.3 is 11.9 Å². The average molecular weight is 363 g/mol. The molecule has 1 rings (SSSR count). The number of aromatic hydroxyl groups is 1. The van der Waals surface area contributed by atoms with Gasteiger partial charge < -0.3 is 15.2 Å². The van der Waals surface area contributed by atoms with Crippen molar-refractivity contribution in [1.82, 2.24) is 5.32 Å². The number of hydrogen-bond acceptors (Lipinski definition) is 5. The predicted octanol–water partition coefficient (Wildman–Crippen LogP) is 4.47. The van der Waals surface area contributed by atoms with E-state index in [1.54, 1.807) is 18.2 Å². The molecule has 146 valence electrons. The van der Waals surface area contributed by atoms with Crippen LogP contribution in [0.4, 0.5) is 0 Å². The Bertz CT molecular complexity index is 530. The molecule has 0 saturated carbocycles. The first-order valence-electron chi connectivity index (χ1n) is 9.84. The second-order valence-electron chi connectivity index (χ2n) is 6.66. The molecule has 0 bridgehead atoms. The minimum atomic E-state index is -0.582. The molecule has 0 amide bonds. The Morgan fingerprint density at radius 1 is 0.923 bits per heavy atom. The number of phenols is 1. The summed E-state index contributed by atoms with van der Waals surface area (Å²) < 4.78 is 4.79. The van der Waals surface area contributed by atoms with Crippen molar-refractivity contribution in [3.63, 3.8) is 0 Å². The topological polar surface area (TPSA) is 75.6 Å². The van der Waals surface area contributed by atoms with E-state index in [0.29, 0.717) is 18.5 Å². The van der Waals surface area contributed by atoms with Crippen LogP contribution in [0.3, 0.4) is 0 Å². The molecule has 5 nitrogen and oxygen atoms in total. The highest BCUT2D eigenvalue weighted by Gasteiger charge is 2.10. The maximum absolute atomic E-state index is 11.6. The van der Waals surface area contributed by atoms with Gasteiger partial charge in [0, 0.05) is 18.5 Å². The van der Waals surface area contributed by atoms with Gasteiger partial charge in [0.05, 0.1) is 6.54 Å². The number of carbonyl (C=O) groups excluding carboxylic acids is 2. The highest BCUT2D eigenvalue weighted by molar-refractivity contribution is 5.86. The summed E-state index contributed by atoms with van der Waals surface area (Å²) in [7, 11) is 0. The van der Waals surface area contributed by atoms with Crippen LogP contribution in [0, 0.1) is 0 Å². The molecule has 5 heteroatoms. The molecule has 2 N–H and O–H groups in total. The SMILES string of the molecule is CCCCCCCCCCCC(=O)OC(=O)CNCc1ccccc1O. The maximum Gasteiger partial charge on any atom is 0.327 e. The standard InChI is InChI=1S/C21H33NO4/c1-2-3-4-5-6-7-8-9-10-15-20(24)26-21(25)17-22-16-18-13-11-12-14-19(18)23/h11-14,22-23H,2-10,15-17H2,1H3. The quantitative estimate of drug-likeness (QED) is 0.290. The van der Waals surface area contributed by atoms with Crippen LogP contribution in [-0.4, -0.2) is 23.6 Å². The number of hydrogen-bond donors (Lipinski definition) is 2. The van der Waals surface area contributed by atoms with Crippen LogP contribution < -0.4 is 5.32 Å². The fraction of sp³-hybridized carbons (Fsp3) is 0.619. The highest BCUT2D eigenvalue weighted by atomic mass is 16.6. The van der Waals surface area contributed by atoms with Crippen LogP contribution in [0.2, 0.25) is 0 Å². The summed E-state index contributed by atoms with van der Waals surface area (Å²) in [5, 5.41) is 12.5. The number of nitrogens with one attached hydrogen (secondary N) is 1. The first kappa shape index (κ1) is 22.2. The van der Waals surface area contributed by atoms with Gasteiger partial charge in [0.2, 0.25) is 0 Å². The number of unbranched alkanes of at least 4 members (excludes halogenated alkanes) is 8. The number of benzene rings is 1. The molecule has 0 unspecified atom stereocenters. The molecule has 0 atom stereocenters. The van der Waals surface area contributed by atoms with Crippen molar-refractivity contribution < 1.29 is 19.4 Å². The summed E-state index contributed by atoms with van der Waals surface area (Å²) in [5.41, 5.74) is 0.696. The van der Waals surface area contributed by atoms with Crippen molar-refractivity contribution in [2.75, 3.05) is 6.54 Å². The van der Waals surface area contributed by atoms with Crippen LogP contribution in [0.1, 0.15) is 76.7 Å². The number of phenolic OH excluding ortho intramolecular Hbond substituents is 1. The van der Waals surface area contributed by atoms with Crippen molar-refractivity contribution in [1.29, 1.82) is 0 Å². The fourth-order valence-corrected chi connectivity index (χ4v) is 2.75. The summed E-state index contributed by atoms with van der Waals surface area (Å²) >= 11 is 0. The van der Waals surface area contributed by atoms with Crippen molar-refractivity contribution >= 4 is 11.9 Å². The van der Waals surface area contributed by atoms with Crippen molar-refractivity contribution in [2.45, 2.75) is 77.7 Å². The molecular weight excluding hydrogens is 330 g/mol. The third-order valence-corrected chi connectivity index (χ3v) is 4.29. The Hall–Kier alpha value is -1.88. The van der Waals surface area contributed by atoms with E-state index in [1.807, 2.05) is 6.07 Å². The zero-order chi connectivity index (χ0) is 19.0. The molecule has 0 aliphatic heterocycles. The average Bonchev–Trinajstić information content (AvgIpc) is 2.62. The lowest BCUT2D eigenvalue weighted by Crippen LogP contribution is -2.26. The fourth-order valence-electron chi connectivity index (χ4n) is 2.75. The second kappa shape index (κ2) is 14.3. The van der Waals surface area contributed by atoms with E-state index < -0.39 is 11.9 Å². The minimum Gasteiger partial charge on any atom is -0.508 e. The highest BCUT2D eigenvalue weighted by Crippen LogP contribution is 2.14. The molecule has 0 fully saturated rings. The second-order valence-corrected chi connectivity index (χ2v) is 6.66. The lowest BCUT2D eigenvalue weighted by atomic mass is 10.1. The van der Waals surface area contributed by atoms with Crippen LogP contribution in [0.25, 0.3) is 0 Å². The summed E-state index contributed by atoms with van der Waals surface area (Å²) in [5.74, 6) is -0.863. The number of esters is 2. The van der Waals surface area contributed by atoms with E-state index in [1.165, 1.54) is 38.5 Å². The third-order valence-electron chi connectivity index (χ3n) is 4.29. The van der Waals surface area contributed by atoms with Crippen LogP contribution in [0.5, 0.6) is 5.75 Å². The summed E-state index contributed by atoms with van der Waals surface area (Å²) in [6.45, 7) is 2.50. The molecular formula is C21H33NO4. The molecule has 0 aliphatic carbocycles. The van der Waals surface area contributed by atoms with Gasteiger partial charge in [-0.05, 0) is 12.5 Å². The van der Waals surface area contributed by atoms with Crippen LogP contribution >= 0.6 is 0 Å². The van der Waals surface area contributed by atoms with Gasteiger partial charge in [0.1, 0.15) is 5.75 Å². The lowest BCUT2D eigenvalue weighted by Gasteiger charge is -2.06. The molecule has 0 saturated heterocycles. The molecule has 0 aliphatic rings. The van der Waals surface area contributed by atoms with Crippen molar-refractivity contribution in [3.05, 3.63) is 29.8 Å². The number of rotatable bonds is 14. The zero-order valence-corrected chi connectivity index (χ0v) is 16.0. The molecule has 1 aromatic carbocycles. The van der Waals surface area contributed by atoms with E-state index in [0.717, 1.165) is 19.3 Å². The first-order valence-corrected chi connectivity index (χ1v) is 9.84. The largest absolute Gasteiger partial charge is 0.508 e. The normalized spacial score (nSPS) is 10.7. The van der Waals surface area contributed by atoms with E-state index in [-0.39, 0.29) is 12.3 Å². The molecule has 0 aromatic heterocycles. The Morgan fingerprint density at radius 2 is 1.54 bits per heavy atom. The van der Waals surface area contributed by atoms with Gasteiger partial charge in [0.25, 0.3) is 0 Å². The van der Waals surface area contributed by atoms with Gasteiger partial charge in [0.15, 0.2) is 0 Å². The van der Waals surface area contributed by atoms with Gasteiger partial charge in [-0.2, -0.15) is 0 Å². The Labute approximate surface area is 157 Å². The Morgan fingerprint density at radius 3 is 2.19 bits per heavy atom. The molecule has 1 aromatic rings. The van der Waals surface area contributed by atoms with Crippen molar-refractivity contribution in [2.24, 2.45) is 0 Å².